The van der Waals surface area contributed by atoms with E-state index in [0.717, 1.165) is 25.4 Å². The van der Waals surface area contributed by atoms with E-state index in [1.807, 2.05) is 6.07 Å². The first-order valence-corrected chi connectivity index (χ1v) is 8.70. The molecule has 0 amide bonds. The number of nitrogens with zero attached hydrogens (tertiary/aromatic N) is 1. The molecule has 0 unspecified atom stereocenters. The van der Waals surface area contributed by atoms with Crippen LogP contribution in [0.4, 0.5) is 0 Å². The zero-order valence-electron chi connectivity index (χ0n) is 15.1. The predicted octanol–water partition coefficient (Wildman–Crippen LogP) is 5.12. The third-order valence-corrected chi connectivity index (χ3v) is 4.59. The van der Waals surface area contributed by atoms with Crippen LogP contribution in [0.1, 0.15) is 30.9 Å². The van der Waals surface area contributed by atoms with Crippen molar-refractivity contribution in [1.29, 1.82) is 0 Å². The predicted molar refractivity (Wildman–Crippen MR) is 102 cm³/mol. The van der Waals surface area contributed by atoms with E-state index in [1.165, 1.54) is 11.1 Å². The van der Waals surface area contributed by atoms with Crippen LogP contribution in [0.2, 0.25) is 0 Å². The molecule has 0 bridgehead atoms. The fraction of sp³-hybridized carbons (Fsp3) is 0.364. The van der Waals surface area contributed by atoms with Gasteiger partial charge >= 0.3 is 0 Å². The Balaban J connectivity index is 2.06. The number of hydrogen-bond donors (Lipinski definition) is 0. The standard InChI is InChI=1S/C22H29NO/c1-5-22(20-13-10-14-21(15-20)24-4)18(3)16-23(6-2)17-19-11-8-7-9-12-19/h5,7-15,18,22H,1,6,16-17H2,2-4H3/t18-,22+/m0/s1. The lowest BCUT2D eigenvalue weighted by molar-refractivity contribution is 0.232. The number of methoxy groups -OCH3 is 1. The van der Waals surface area contributed by atoms with E-state index in [1.54, 1.807) is 7.11 Å². The molecule has 2 rings (SSSR count). The topological polar surface area (TPSA) is 12.5 Å². The van der Waals surface area contributed by atoms with Gasteiger partial charge in [-0.3, -0.25) is 4.90 Å². The van der Waals surface area contributed by atoms with Crippen LogP contribution < -0.4 is 4.74 Å². The molecule has 0 spiro atoms. The van der Waals surface area contributed by atoms with Crippen molar-refractivity contribution >= 4 is 0 Å². The van der Waals surface area contributed by atoms with Gasteiger partial charge in [0.25, 0.3) is 0 Å². The van der Waals surface area contributed by atoms with Gasteiger partial charge in [0.05, 0.1) is 7.11 Å². The van der Waals surface area contributed by atoms with Crippen molar-refractivity contribution in [3.8, 4) is 5.75 Å². The summed E-state index contributed by atoms with van der Waals surface area (Å²) in [4.78, 5) is 2.50. The molecule has 0 heterocycles. The molecule has 24 heavy (non-hydrogen) atoms. The van der Waals surface area contributed by atoms with Gasteiger partial charge in [0.15, 0.2) is 0 Å². The van der Waals surface area contributed by atoms with Gasteiger partial charge in [-0.1, -0.05) is 62.4 Å². The second-order valence-corrected chi connectivity index (χ2v) is 6.33. The SMILES string of the molecule is C=C[C@@H](c1cccc(OC)c1)[C@@H](C)CN(CC)Cc1ccccc1. The molecular weight excluding hydrogens is 294 g/mol. The largest absolute Gasteiger partial charge is 0.497 e. The van der Waals surface area contributed by atoms with Gasteiger partial charge in [0.2, 0.25) is 0 Å². The number of ether oxygens (including phenoxy) is 1. The van der Waals surface area contributed by atoms with Crippen molar-refractivity contribution in [2.24, 2.45) is 5.92 Å². The smallest absolute Gasteiger partial charge is 0.119 e. The van der Waals surface area contributed by atoms with Crippen molar-refractivity contribution in [3.63, 3.8) is 0 Å². The monoisotopic (exact) mass is 323 g/mol. The van der Waals surface area contributed by atoms with E-state index in [9.17, 15) is 0 Å². The second kappa shape index (κ2) is 9.29. The summed E-state index contributed by atoms with van der Waals surface area (Å²) in [6.45, 7) is 11.7. The van der Waals surface area contributed by atoms with Crippen LogP contribution in [0, 0.1) is 5.92 Å². The molecule has 2 atom stereocenters. The maximum absolute atomic E-state index is 5.37. The number of allylic oxidation sites excluding steroid dienone is 1. The highest BCUT2D eigenvalue weighted by Gasteiger charge is 2.19. The Morgan fingerprint density at radius 3 is 2.50 bits per heavy atom. The van der Waals surface area contributed by atoms with Gasteiger partial charge < -0.3 is 4.74 Å². The highest BCUT2D eigenvalue weighted by atomic mass is 16.5. The minimum atomic E-state index is 0.324. The van der Waals surface area contributed by atoms with Crippen LogP contribution >= 0.6 is 0 Å². The van der Waals surface area contributed by atoms with Crippen molar-refractivity contribution in [3.05, 3.63) is 78.4 Å². The lowest BCUT2D eigenvalue weighted by Gasteiger charge is -2.28. The molecule has 2 aromatic rings. The van der Waals surface area contributed by atoms with Crippen molar-refractivity contribution in [2.75, 3.05) is 20.2 Å². The summed E-state index contributed by atoms with van der Waals surface area (Å²) in [6.07, 6.45) is 2.07. The van der Waals surface area contributed by atoms with E-state index in [4.69, 9.17) is 4.74 Å². The molecule has 0 fully saturated rings. The molecule has 0 aliphatic heterocycles. The second-order valence-electron chi connectivity index (χ2n) is 6.33. The molecular formula is C22H29NO. The molecule has 2 heteroatoms. The fourth-order valence-electron chi connectivity index (χ4n) is 3.21. The average Bonchev–Trinajstić information content (AvgIpc) is 2.62. The Morgan fingerprint density at radius 2 is 1.88 bits per heavy atom. The number of hydrogen-bond acceptors (Lipinski definition) is 2. The minimum absolute atomic E-state index is 0.324. The highest BCUT2D eigenvalue weighted by molar-refractivity contribution is 5.33. The summed E-state index contributed by atoms with van der Waals surface area (Å²) in [5, 5.41) is 0. The van der Waals surface area contributed by atoms with E-state index in [-0.39, 0.29) is 0 Å². The summed E-state index contributed by atoms with van der Waals surface area (Å²) >= 11 is 0. The molecule has 2 aromatic carbocycles. The zero-order valence-corrected chi connectivity index (χ0v) is 15.1. The zero-order chi connectivity index (χ0) is 17.4. The van der Waals surface area contributed by atoms with Crippen LogP contribution in [0.3, 0.4) is 0 Å². The average molecular weight is 323 g/mol. The van der Waals surface area contributed by atoms with Crippen LogP contribution in [-0.2, 0) is 6.54 Å². The van der Waals surface area contributed by atoms with Gasteiger partial charge in [0.1, 0.15) is 5.75 Å². The Bertz CT molecular complexity index is 623. The molecule has 128 valence electrons. The highest BCUT2D eigenvalue weighted by Crippen LogP contribution is 2.29. The van der Waals surface area contributed by atoms with Gasteiger partial charge in [-0.05, 0) is 35.7 Å². The summed E-state index contributed by atoms with van der Waals surface area (Å²) in [6, 6.07) is 19.0. The first-order chi connectivity index (χ1) is 11.7. The molecule has 0 aromatic heterocycles. The van der Waals surface area contributed by atoms with Crippen molar-refractivity contribution in [2.45, 2.75) is 26.3 Å². The van der Waals surface area contributed by atoms with Gasteiger partial charge in [-0.2, -0.15) is 0 Å². The lowest BCUT2D eigenvalue weighted by Crippen LogP contribution is -2.30. The molecule has 2 nitrogen and oxygen atoms in total. The number of rotatable bonds is 9. The van der Waals surface area contributed by atoms with E-state index >= 15 is 0 Å². The van der Waals surface area contributed by atoms with Crippen LogP contribution in [0.5, 0.6) is 5.75 Å². The van der Waals surface area contributed by atoms with E-state index < -0.39 is 0 Å². The third kappa shape index (κ3) is 4.97. The summed E-state index contributed by atoms with van der Waals surface area (Å²) in [5.74, 6) is 1.71. The fourth-order valence-corrected chi connectivity index (χ4v) is 3.21. The van der Waals surface area contributed by atoms with Crippen LogP contribution in [0.25, 0.3) is 0 Å². The van der Waals surface area contributed by atoms with E-state index in [0.29, 0.717) is 11.8 Å². The van der Waals surface area contributed by atoms with Gasteiger partial charge in [0, 0.05) is 19.0 Å². The Labute approximate surface area is 146 Å². The molecule has 0 radical (unpaired) electrons. The molecule has 0 aliphatic carbocycles. The molecule has 0 saturated heterocycles. The van der Waals surface area contributed by atoms with Crippen LogP contribution in [0.15, 0.2) is 67.3 Å². The summed E-state index contributed by atoms with van der Waals surface area (Å²) in [7, 11) is 1.71. The Hall–Kier alpha value is -2.06. The maximum Gasteiger partial charge on any atom is 0.119 e. The Morgan fingerprint density at radius 1 is 1.12 bits per heavy atom. The number of benzene rings is 2. The third-order valence-electron chi connectivity index (χ3n) is 4.59. The molecule has 0 aliphatic rings. The maximum atomic E-state index is 5.37. The van der Waals surface area contributed by atoms with Crippen molar-refractivity contribution < 1.29 is 4.74 Å². The van der Waals surface area contributed by atoms with Crippen molar-refractivity contribution in [1.82, 2.24) is 4.90 Å². The molecule has 0 N–H and O–H groups in total. The summed E-state index contributed by atoms with van der Waals surface area (Å²) in [5.41, 5.74) is 2.63. The van der Waals surface area contributed by atoms with E-state index in [2.05, 4.69) is 79.9 Å². The lowest BCUT2D eigenvalue weighted by atomic mass is 9.86. The summed E-state index contributed by atoms with van der Waals surface area (Å²) < 4.78 is 5.37. The Kier molecular flexibility index (Phi) is 7.07. The quantitative estimate of drug-likeness (QED) is 0.594. The first-order valence-electron chi connectivity index (χ1n) is 8.70. The first kappa shape index (κ1) is 18.3. The van der Waals surface area contributed by atoms with Crippen LogP contribution in [-0.4, -0.2) is 25.1 Å². The van der Waals surface area contributed by atoms with Gasteiger partial charge in [-0.15, -0.1) is 6.58 Å². The minimum Gasteiger partial charge on any atom is -0.497 e. The molecule has 0 saturated carbocycles. The normalized spacial score (nSPS) is 13.5. The van der Waals surface area contributed by atoms with Gasteiger partial charge in [-0.25, -0.2) is 0 Å².